The van der Waals surface area contributed by atoms with Crippen molar-refractivity contribution in [3.63, 3.8) is 0 Å². The average Bonchev–Trinajstić information content (AvgIpc) is 2.79. The summed E-state index contributed by atoms with van der Waals surface area (Å²) < 4.78 is 19.8. The number of halogens is 2. The van der Waals surface area contributed by atoms with Crippen LogP contribution in [0.4, 0.5) is 10.1 Å². The van der Waals surface area contributed by atoms with Gasteiger partial charge in [0.05, 0.1) is 7.11 Å². The molecule has 1 N–H and O–H groups in total. The molecule has 3 rings (SSSR count). The van der Waals surface area contributed by atoms with E-state index in [0.29, 0.717) is 23.4 Å². The summed E-state index contributed by atoms with van der Waals surface area (Å²) in [7, 11) is 1.55. The van der Waals surface area contributed by atoms with E-state index in [4.69, 9.17) is 4.74 Å². The summed E-state index contributed by atoms with van der Waals surface area (Å²) in [5.74, 6) is -0.206. The van der Waals surface area contributed by atoms with E-state index in [0.717, 1.165) is 27.6 Å². The summed E-state index contributed by atoms with van der Waals surface area (Å²) in [4.78, 5) is 12.7. The minimum atomic E-state index is -0.479. The minimum Gasteiger partial charge on any atom is -0.496 e. The van der Waals surface area contributed by atoms with Crippen molar-refractivity contribution < 1.29 is 13.9 Å². The molecule has 32 heavy (non-hydrogen) atoms. The van der Waals surface area contributed by atoms with Crippen LogP contribution in [0.5, 0.6) is 5.75 Å². The van der Waals surface area contributed by atoms with Crippen LogP contribution in [0.1, 0.15) is 29.2 Å². The molecule has 3 aromatic carbocycles. The van der Waals surface area contributed by atoms with Gasteiger partial charge in [-0.05, 0) is 59.5 Å². The van der Waals surface area contributed by atoms with Gasteiger partial charge in [0.2, 0.25) is 0 Å². The monoisotopic (exact) mass is 492 g/mol. The Morgan fingerprint density at radius 1 is 1.19 bits per heavy atom. The number of hydrogen-bond donors (Lipinski definition) is 1. The molecule has 0 saturated heterocycles. The molecule has 6 heteroatoms. The van der Waals surface area contributed by atoms with Gasteiger partial charge >= 0.3 is 0 Å². The largest absolute Gasteiger partial charge is 0.496 e. The lowest BCUT2D eigenvalue weighted by molar-refractivity contribution is -0.112. The van der Waals surface area contributed by atoms with E-state index in [2.05, 4.69) is 21.2 Å². The Bertz CT molecular complexity index is 1210. The number of carbonyl (C=O) groups is 1. The van der Waals surface area contributed by atoms with E-state index >= 15 is 0 Å². The number of nitrogens with zero attached hydrogens (tertiary/aromatic N) is 1. The summed E-state index contributed by atoms with van der Waals surface area (Å²) in [6, 6.07) is 19.4. The normalized spacial score (nSPS) is 11.0. The van der Waals surface area contributed by atoms with Crippen molar-refractivity contribution in [3.05, 3.63) is 98.8 Å². The fraction of sp³-hybridized carbons (Fsp3) is 0.154. The summed E-state index contributed by atoms with van der Waals surface area (Å²) in [6.07, 6.45) is 2.74. The van der Waals surface area contributed by atoms with Crippen molar-refractivity contribution in [2.24, 2.45) is 0 Å². The number of aryl methyl sites for hydroxylation is 1. The Morgan fingerprint density at radius 3 is 2.66 bits per heavy atom. The van der Waals surface area contributed by atoms with Crippen molar-refractivity contribution >= 4 is 33.6 Å². The van der Waals surface area contributed by atoms with Crippen LogP contribution in [0.25, 0.3) is 6.08 Å². The average molecular weight is 493 g/mol. The lowest BCUT2D eigenvalue weighted by Crippen LogP contribution is -2.14. The maximum atomic E-state index is 13.6. The third-order valence-corrected chi connectivity index (χ3v) is 5.70. The van der Waals surface area contributed by atoms with Crippen molar-refractivity contribution in [1.29, 1.82) is 5.26 Å². The summed E-state index contributed by atoms with van der Waals surface area (Å²) in [5.41, 5.74) is 3.93. The Balaban J connectivity index is 1.90. The van der Waals surface area contributed by atoms with Crippen molar-refractivity contribution in [3.8, 4) is 11.8 Å². The molecule has 0 heterocycles. The van der Waals surface area contributed by atoms with Gasteiger partial charge in [0.25, 0.3) is 5.91 Å². The van der Waals surface area contributed by atoms with Gasteiger partial charge in [0.15, 0.2) is 0 Å². The fourth-order valence-electron chi connectivity index (χ4n) is 3.37. The number of amides is 1. The highest BCUT2D eigenvalue weighted by molar-refractivity contribution is 9.10. The number of methoxy groups -OCH3 is 1. The van der Waals surface area contributed by atoms with Gasteiger partial charge in [0.1, 0.15) is 23.2 Å². The third kappa shape index (κ3) is 5.63. The molecular weight excluding hydrogens is 471 g/mol. The Labute approximate surface area is 195 Å². The van der Waals surface area contributed by atoms with Crippen molar-refractivity contribution in [2.75, 3.05) is 12.4 Å². The zero-order valence-electron chi connectivity index (χ0n) is 17.8. The van der Waals surface area contributed by atoms with Gasteiger partial charge in [-0.15, -0.1) is 0 Å². The number of nitrogens with one attached hydrogen (secondary N) is 1. The highest BCUT2D eigenvalue weighted by Gasteiger charge is 2.14. The molecule has 0 aliphatic heterocycles. The van der Waals surface area contributed by atoms with Gasteiger partial charge in [-0.2, -0.15) is 5.26 Å². The Hall–Kier alpha value is -3.43. The number of ether oxygens (including phenoxy) is 1. The molecule has 0 aromatic heterocycles. The molecule has 0 unspecified atom stereocenters. The van der Waals surface area contributed by atoms with Gasteiger partial charge in [0, 0.05) is 22.1 Å². The molecule has 0 aliphatic rings. The molecular formula is C26H22BrFN2O2. The number of hydrogen-bond acceptors (Lipinski definition) is 3. The van der Waals surface area contributed by atoms with Crippen LogP contribution < -0.4 is 10.1 Å². The molecule has 0 radical (unpaired) electrons. The van der Waals surface area contributed by atoms with E-state index < -0.39 is 5.91 Å². The minimum absolute atomic E-state index is 0.0252. The summed E-state index contributed by atoms with van der Waals surface area (Å²) in [6.45, 7) is 2.00. The number of anilines is 1. The van der Waals surface area contributed by atoms with Gasteiger partial charge < -0.3 is 10.1 Å². The number of carbonyl (C=O) groups excluding carboxylic acids is 1. The van der Waals surface area contributed by atoms with Crippen molar-refractivity contribution in [1.82, 2.24) is 0 Å². The predicted molar refractivity (Wildman–Crippen MR) is 128 cm³/mol. The molecule has 0 fully saturated rings. The molecule has 0 spiro atoms. The molecule has 0 saturated carbocycles. The van der Waals surface area contributed by atoms with E-state index in [1.54, 1.807) is 19.2 Å². The topological polar surface area (TPSA) is 62.1 Å². The van der Waals surface area contributed by atoms with Crippen LogP contribution >= 0.6 is 15.9 Å². The van der Waals surface area contributed by atoms with Crippen LogP contribution in [0.3, 0.4) is 0 Å². The Kier molecular flexibility index (Phi) is 7.80. The van der Waals surface area contributed by atoms with E-state index in [-0.39, 0.29) is 11.4 Å². The van der Waals surface area contributed by atoms with Gasteiger partial charge in [-0.3, -0.25) is 4.79 Å². The van der Waals surface area contributed by atoms with Gasteiger partial charge in [-0.25, -0.2) is 4.39 Å². The Morgan fingerprint density at radius 2 is 1.97 bits per heavy atom. The summed E-state index contributed by atoms with van der Waals surface area (Å²) in [5, 5.41) is 12.4. The molecule has 0 bridgehead atoms. The maximum absolute atomic E-state index is 13.6. The van der Waals surface area contributed by atoms with Crippen molar-refractivity contribution in [2.45, 2.75) is 19.8 Å². The number of para-hydroxylation sites is 1. The second-order valence-corrected chi connectivity index (χ2v) is 7.98. The zero-order valence-corrected chi connectivity index (χ0v) is 19.4. The lowest BCUT2D eigenvalue weighted by Gasteiger charge is -2.13. The molecule has 0 aliphatic carbocycles. The van der Waals surface area contributed by atoms with E-state index in [1.807, 2.05) is 49.4 Å². The maximum Gasteiger partial charge on any atom is 0.266 e. The van der Waals surface area contributed by atoms with Crippen LogP contribution in [0, 0.1) is 17.1 Å². The highest BCUT2D eigenvalue weighted by atomic mass is 79.9. The third-order valence-electron chi connectivity index (χ3n) is 4.99. The molecule has 1 amide bonds. The summed E-state index contributed by atoms with van der Waals surface area (Å²) >= 11 is 3.55. The predicted octanol–water partition coefficient (Wildman–Crippen LogP) is 6.30. The first-order valence-electron chi connectivity index (χ1n) is 10.1. The second-order valence-electron chi connectivity index (χ2n) is 7.12. The van der Waals surface area contributed by atoms with E-state index in [9.17, 15) is 14.4 Å². The van der Waals surface area contributed by atoms with Gasteiger partial charge in [-0.1, -0.05) is 53.2 Å². The zero-order chi connectivity index (χ0) is 23.1. The molecule has 4 nitrogen and oxygen atoms in total. The number of rotatable bonds is 7. The number of benzene rings is 3. The SMILES string of the molecule is CCc1ccccc1NC(=O)/C(C#N)=C/c1cc(Br)c(Cc2cccc(F)c2)c(OC)c1. The van der Waals surface area contributed by atoms with E-state index in [1.165, 1.54) is 18.2 Å². The quantitative estimate of drug-likeness (QED) is 0.311. The standard InChI is InChI=1S/C26H22BrFN2O2/c1-3-19-8-4-5-10-24(19)30-26(31)20(16-29)11-18-14-23(27)22(25(15-18)32-2)13-17-7-6-9-21(28)12-17/h4-12,14-15H,3,13H2,1-2H3,(H,30,31)/b20-11+. The lowest BCUT2D eigenvalue weighted by atomic mass is 10.0. The first-order chi connectivity index (χ1) is 15.4. The van der Waals surface area contributed by atoms with Crippen LogP contribution in [0.15, 0.2) is 70.7 Å². The number of nitriles is 1. The van der Waals surface area contributed by atoms with Crippen LogP contribution in [-0.4, -0.2) is 13.0 Å². The first-order valence-corrected chi connectivity index (χ1v) is 10.9. The molecule has 3 aromatic rings. The van der Waals surface area contributed by atoms with Crippen LogP contribution in [0.2, 0.25) is 0 Å². The molecule has 0 atom stereocenters. The molecule has 162 valence electrons. The smallest absolute Gasteiger partial charge is 0.266 e. The first kappa shape index (κ1) is 23.2. The highest BCUT2D eigenvalue weighted by Crippen LogP contribution is 2.32. The fourth-order valence-corrected chi connectivity index (χ4v) is 3.97. The second kappa shape index (κ2) is 10.7. The van der Waals surface area contributed by atoms with Crippen LogP contribution in [-0.2, 0) is 17.6 Å².